The quantitative estimate of drug-likeness (QED) is 0.124. The summed E-state index contributed by atoms with van der Waals surface area (Å²) in [6, 6.07) is 18.8. The first kappa shape index (κ1) is 36.7. The first-order valence-corrected chi connectivity index (χ1v) is 16.7. The smallest absolute Gasteiger partial charge is 0.416 e. The van der Waals surface area contributed by atoms with Crippen molar-refractivity contribution < 1.29 is 37.5 Å². The normalized spacial score (nSPS) is 13.5. The molecule has 3 unspecified atom stereocenters. The number of carbonyl (C=O) groups excluding carboxylic acids is 2. The van der Waals surface area contributed by atoms with Crippen LogP contribution in [0.4, 0.5) is 19.3 Å². The number of nitriles is 1. The molecule has 12 nitrogen and oxygen atoms in total. The number of benzene rings is 3. The molecule has 0 aliphatic carbocycles. The fourth-order valence-corrected chi connectivity index (χ4v) is 6.35. The van der Waals surface area contributed by atoms with Gasteiger partial charge in [-0.15, -0.1) is 16.0 Å². The van der Waals surface area contributed by atoms with E-state index in [0.29, 0.717) is 27.5 Å². The molecule has 3 aromatic carbocycles. The predicted molar refractivity (Wildman–Crippen MR) is 183 cm³/mol. The molecule has 0 saturated carbocycles. The molecule has 0 bridgehead atoms. The van der Waals surface area contributed by atoms with Gasteiger partial charge in [-0.2, -0.15) is 9.83 Å². The Morgan fingerprint density at radius 2 is 1.90 bits per heavy atom. The molecule has 1 amide bonds. The highest BCUT2D eigenvalue weighted by Gasteiger charge is 2.43. The maximum atomic E-state index is 15.3. The number of amides is 1. The van der Waals surface area contributed by atoms with E-state index in [1.807, 2.05) is 0 Å². The molecular formula is C36H36F2N7O5S+. The van der Waals surface area contributed by atoms with Gasteiger partial charge in [0, 0.05) is 47.1 Å². The van der Waals surface area contributed by atoms with Gasteiger partial charge in [-0.25, -0.2) is 18.6 Å². The van der Waals surface area contributed by atoms with Crippen molar-refractivity contribution >= 4 is 29.1 Å². The number of esters is 1. The van der Waals surface area contributed by atoms with E-state index in [1.165, 1.54) is 45.2 Å². The summed E-state index contributed by atoms with van der Waals surface area (Å²) in [5.74, 6) is -2.82. The summed E-state index contributed by atoms with van der Waals surface area (Å²) >= 11 is 1.25. The van der Waals surface area contributed by atoms with Crippen molar-refractivity contribution in [1.82, 2.24) is 20.1 Å². The van der Waals surface area contributed by atoms with Crippen LogP contribution in [0.5, 0.6) is 0 Å². The molecule has 5 aromatic rings. The Morgan fingerprint density at radius 1 is 1.16 bits per heavy atom. The van der Waals surface area contributed by atoms with Crippen molar-refractivity contribution in [2.45, 2.75) is 44.7 Å². The number of para-hydroxylation sites is 1. The highest BCUT2D eigenvalue weighted by Crippen LogP contribution is 2.41. The largest absolute Gasteiger partial charge is 0.460 e. The number of ether oxygens (including phenoxy) is 2. The molecule has 3 atom stereocenters. The summed E-state index contributed by atoms with van der Waals surface area (Å²) in [5, 5.41) is 30.7. The molecule has 2 N–H and O–H groups in total. The third-order valence-corrected chi connectivity index (χ3v) is 9.37. The molecule has 264 valence electrons. The van der Waals surface area contributed by atoms with E-state index < -0.39 is 41.4 Å². The van der Waals surface area contributed by atoms with Gasteiger partial charge < -0.3 is 19.9 Å². The molecule has 5 rings (SSSR count). The van der Waals surface area contributed by atoms with Crippen LogP contribution < -0.4 is 14.8 Å². The number of hydrogen-bond donors (Lipinski definition) is 2. The van der Waals surface area contributed by atoms with Crippen molar-refractivity contribution in [3.63, 3.8) is 0 Å². The second kappa shape index (κ2) is 16.0. The van der Waals surface area contributed by atoms with Gasteiger partial charge in [0.1, 0.15) is 30.4 Å². The van der Waals surface area contributed by atoms with Gasteiger partial charge in [0.2, 0.25) is 12.6 Å². The van der Waals surface area contributed by atoms with Crippen molar-refractivity contribution in [2.75, 3.05) is 25.5 Å². The molecule has 0 aliphatic heterocycles. The van der Waals surface area contributed by atoms with Gasteiger partial charge in [0.05, 0.1) is 34.6 Å². The number of likely N-dealkylation sites (N-methyl/N-ethyl adjacent to an activating group) is 1. The summed E-state index contributed by atoms with van der Waals surface area (Å²) in [4.78, 5) is 31.0. The van der Waals surface area contributed by atoms with E-state index in [0.717, 1.165) is 23.8 Å². The van der Waals surface area contributed by atoms with E-state index in [-0.39, 0.29) is 25.3 Å². The Bertz CT molecular complexity index is 2050. The van der Waals surface area contributed by atoms with Crippen molar-refractivity contribution in [1.29, 1.82) is 5.26 Å². The van der Waals surface area contributed by atoms with Gasteiger partial charge in [0.15, 0.2) is 0 Å². The van der Waals surface area contributed by atoms with Gasteiger partial charge in [-0.05, 0) is 43.4 Å². The van der Waals surface area contributed by atoms with Crippen LogP contribution in [-0.4, -0.2) is 52.6 Å². The summed E-state index contributed by atoms with van der Waals surface area (Å²) < 4.78 is 43.6. The minimum atomic E-state index is -2.03. The fourth-order valence-electron chi connectivity index (χ4n) is 5.38. The monoisotopic (exact) mass is 716 g/mol. The van der Waals surface area contributed by atoms with E-state index >= 15 is 4.39 Å². The first-order chi connectivity index (χ1) is 24.4. The number of hydrogen-bond acceptors (Lipinski definition) is 10. The molecule has 15 heteroatoms. The summed E-state index contributed by atoms with van der Waals surface area (Å²) in [6.07, 6.45) is 1.28. The SMILES string of the molecule is CNCC(=O)OCc1ccccc1N(C)C(=O)OC(C)[n+]1cnn(CC(O)(c2cc(F)ccc2F)C(C)c2nc(-c3ccc(C#N)cc3)cs2)c1. The van der Waals surface area contributed by atoms with Crippen LogP contribution in [0.3, 0.4) is 0 Å². The highest BCUT2D eigenvalue weighted by molar-refractivity contribution is 7.10. The summed E-state index contributed by atoms with van der Waals surface area (Å²) in [5.41, 5.74) is 0.618. The van der Waals surface area contributed by atoms with Crippen molar-refractivity contribution in [2.24, 2.45) is 0 Å². The van der Waals surface area contributed by atoms with Crippen LogP contribution in [0.1, 0.15) is 47.7 Å². The van der Waals surface area contributed by atoms with E-state index in [4.69, 9.17) is 19.7 Å². The predicted octanol–water partition coefficient (Wildman–Crippen LogP) is 5.19. The lowest BCUT2D eigenvalue weighted by Gasteiger charge is -2.32. The van der Waals surface area contributed by atoms with Crippen LogP contribution >= 0.6 is 11.3 Å². The molecule has 2 heterocycles. The Balaban J connectivity index is 1.35. The number of rotatable bonds is 13. The minimum Gasteiger partial charge on any atom is -0.460 e. The molecule has 51 heavy (non-hydrogen) atoms. The Morgan fingerprint density at radius 3 is 2.63 bits per heavy atom. The van der Waals surface area contributed by atoms with Crippen LogP contribution in [-0.2, 0) is 33.0 Å². The number of aromatic nitrogens is 4. The first-order valence-electron chi connectivity index (χ1n) is 15.8. The van der Waals surface area contributed by atoms with Gasteiger partial charge in [0.25, 0.3) is 6.33 Å². The maximum Gasteiger partial charge on any atom is 0.416 e. The average Bonchev–Trinajstić information content (AvgIpc) is 3.82. The Labute approximate surface area is 297 Å². The third kappa shape index (κ3) is 8.43. The minimum absolute atomic E-state index is 0.0434. The Hall–Kier alpha value is -5.56. The molecule has 0 fully saturated rings. The lowest BCUT2D eigenvalue weighted by atomic mass is 9.82. The molecular weight excluding hydrogens is 681 g/mol. The van der Waals surface area contributed by atoms with Crippen molar-refractivity contribution in [3.05, 3.63) is 118 Å². The number of nitrogens with zero attached hydrogens (tertiary/aromatic N) is 6. The number of anilines is 1. The lowest BCUT2D eigenvalue weighted by molar-refractivity contribution is -0.753. The molecule has 0 saturated heterocycles. The Kier molecular flexibility index (Phi) is 11.5. The van der Waals surface area contributed by atoms with Gasteiger partial charge in [-0.3, -0.25) is 9.69 Å². The summed E-state index contributed by atoms with van der Waals surface area (Å²) in [7, 11) is 3.16. The van der Waals surface area contributed by atoms with Crippen LogP contribution in [0.15, 0.2) is 84.8 Å². The number of halogens is 2. The average molecular weight is 717 g/mol. The zero-order valence-electron chi connectivity index (χ0n) is 28.3. The highest BCUT2D eigenvalue weighted by atomic mass is 32.1. The fraction of sp³-hybridized carbons (Fsp3) is 0.278. The number of aliphatic hydroxyl groups is 1. The lowest BCUT2D eigenvalue weighted by Crippen LogP contribution is -2.42. The molecule has 2 aromatic heterocycles. The number of nitrogens with one attached hydrogen (secondary N) is 1. The van der Waals surface area contributed by atoms with Gasteiger partial charge in [-0.1, -0.05) is 37.3 Å². The van der Waals surface area contributed by atoms with E-state index in [1.54, 1.807) is 74.8 Å². The van der Waals surface area contributed by atoms with Crippen molar-refractivity contribution in [3.8, 4) is 17.3 Å². The third-order valence-electron chi connectivity index (χ3n) is 8.34. The van der Waals surface area contributed by atoms with Crippen LogP contribution in [0.2, 0.25) is 0 Å². The van der Waals surface area contributed by atoms with Crippen LogP contribution in [0, 0.1) is 23.0 Å². The second-order valence-corrected chi connectivity index (χ2v) is 12.7. The van der Waals surface area contributed by atoms with Gasteiger partial charge >= 0.3 is 12.1 Å². The zero-order chi connectivity index (χ0) is 36.7. The topological polar surface area (TPSA) is 146 Å². The standard InChI is InChI=1S/C36H36F2N7O5S/c1-23(34-42-31(19-51-34)26-11-9-25(16-39)10-12-26)36(48,29-15-28(37)13-14-30(29)38)20-45-22-44(21-41-45)24(2)50-35(47)43(4)32-8-6-5-7-27(32)18-49-33(46)17-40-3/h5-15,19,21-24,40,48H,17-18,20H2,1-4H3/q+1. The van der Waals surface area contributed by atoms with E-state index in [2.05, 4.69) is 16.5 Å². The number of carbonyl (C=O) groups is 2. The molecule has 0 radical (unpaired) electrons. The molecule has 0 spiro atoms. The second-order valence-electron chi connectivity index (χ2n) is 11.8. The maximum absolute atomic E-state index is 15.3. The van der Waals surface area contributed by atoms with Crippen LogP contribution in [0.25, 0.3) is 11.3 Å². The molecule has 0 aliphatic rings. The zero-order valence-corrected chi connectivity index (χ0v) is 29.1. The summed E-state index contributed by atoms with van der Waals surface area (Å²) in [6.45, 7) is 2.97. The number of thiazole rings is 1. The van der Waals surface area contributed by atoms with E-state index in [9.17, 15) is 19.1 Å².